The maximum absolute atomic E-state index is 5.97. The lowest BCUT2D eigenvalue weighted by Gasteiger charge is -2.19. The fraction of sp³-hybridized carbons (Fsp3) is 0.733. The third kappa shape index (κ3) is 3.36. The number of hydrogen-bond acceptors (Lipinski definition) is 3. The number of likely N-dealkylation sites (tertiary alicyclic amines) is 1. The maximum Gasteiger partial charge on any atom is 0.120 e. The highest BCUT2D eigenvalue weighted by atomic mass is 16.3. The molecule has 2 heterocycles. The number of furan rings is 1. The minimum absolute atomic E-state index is 0.497. The zero-order valence-electron chi connectivity index (χ0n) is 12.1. The Morgan fingerprint density at radius 2 is 2.28 bits per heavy atom. The summed E-state index contributed by atoms with van der Waals surface area (Å²) in [6.45, 7) is 11.8. The largest absolute Gasteiger partial charge is 0.463 e. The monoisotopic (exact) mass is 250 g/mol. The van der Waals surface area contributed by atoms with E-state index in [0.29, 0.717) is 12.1 Å². The molecule has 0 saturated carbocycles. The Morgan fingerprint density at radius 1 is 1.50 bits per heavy atom. The van der Waals surface area contributed by atoms with Gasteiger partial charge < -0.3 is 9.73 Å². The minimum Gasteiger partial charge on any atom is -0.463 e. The highest BCUT2D eigenvalue weighted by molar-refractivity contribution is 5.20. The van der Waals surface area contributed by atoms with E-state index in [1.165, 1.54) is 24.9 Å². The van der Waals surface area contributed by atoms with Crippen LogP contribution in [0.2, 0.25) is 0 Å². The van der Waals surface area contributed by atoms with Crippen molar-refractivity contribution in [2.24, 2.45) is 0 Å². The first-order chi connectivity index (χ1) is 8.56. The van der Waals surface area contributed by atoms with Gasteiger partial charge in [-0.3, -0.25) is 4.90 Å². The Morgan fingerprint density at radius 3 is 2.89 bits per heavy atom. The fourth-order valence-electron chi connectivity index (χ4n) is 2.57. The van der Waals surface area contributed by atoms with Crippen LogP contribution in [0, 0.1) is 6.92 Å². The lowest BCUT2D eigenvalue weighted by Crippen LogP contribution is -2.25. The van der Waals surface area contributed by atoms with Crippen molar-refractivity contribution in [2.45, 2.75) is 65.7 Å². The first-order valence-electron chi connectivity index (χ1n) is 7.12. The second kappa shape index (κ2) is 5.89. The van der Waals surface area contributed by atoms with Crippen molar-refractivity contribution >= 4 is 0 Å². The first kappa shape index (κ1) is 13.6. The number of nitrogens with zero attached hydrogens (tertiary/aromatic N) is 1. The standard InChI is InChI=1S/C15H26N2O/c1-11(2)16-9-15-12(3)8-14(18-15)10-17-7-5-6-13(17)4/h8,11,13,16H,5-7,9-10H2,1-4H3. The maximum atomic E-state index is 5.97. The van der Waals surface area contributed by atoms with Gasteiger partial charge in [0.05, 0.1) is 13.1 Å². The van der Waals surface area contributed by atoms with Crippen LogP contribution >= 0.6 is 0 Å². The molecule has 3 nitrogen and oxygen atoms in total. The van der Waals surface area contributed by atoms with Crippen LogP contribution in [0.4, 0.5) is 0 Å². The van der Waals surface area contributed by atoms with Crippen LogP contribution in [0.3, 0.4) is 0 Å². The summed E-state index contributed by atoms with van der Waals surface area (Å²) in [6, 6.07) is 3.40. The second-order valence-corrected chi connectivity index (χ2v) is 5.82. The average molecular weight is 250 g/mol. The number of nitrogens with one attached hydrogen (secondary N) is 1. The molecule has 0 spiro atoms. The van der Waals surface area contributed by atoms with Crippen LogP contribution in [0.15, 0.2) is 10.5 Å². The smallest absolute Gasteiger partial charge is 0.120 e. The zero-order valence-corrected chi connectivity index (χ0v) is 12.1. The summed E-state index contributed by atoms with van der Waals surface area (Å²) in [5.41, 5.74) is 1.27. The molecule has 1 aromatic rings. The van der Waals surface area contributed by atoms with Gasteiger partial charge in [-0.1, -0.05) is 13.8 Å². The Hall–Kier alpha value is -0.800. The predicted molar refractivity (Wildman–Crippen MR) is 74.5 cm³/mol. The van der Waals surface area contributed by atoms with Gasteiger partial charge in [-0.25, -0.2) is 0 Å². The van der Waals surface area contributed by atoms with E-state index in [9.17, 15) is 0 Å². The molecule has 0 aromatic carbocycles. The number of aryl methyl sites for hydroxylation is 1. The highest BCUT2D eigenvalue weighted by Gasteiger charge is 2.21. The van der Waals surface area contributed by atoms with E-state index in [1.807, 2.05) is 0 Å². The van der Waals surface area contributed by atoms with Gasteiger partial charge in [0.15, 0.2) is 0 Å². The minimum atomic E-state index is 0.497. The summed E-state index contributed by atoms with van der Waals surface area (Å²) in [4.78, 5) is 2.51. The molecule has 1 saturated heterocycles. The normalized spacial score (nSPS) is 21.1. The van der Waals surface area contributed by atoms with Crippen LogP contribution < -0.4 is 5.32 Å². The predicted octanol–water partition coefficient (Wildman–Crippen LogP) is 3.07. The van der Waals surface area contributed by atoms with Crippen molar-refractivity contribution in [3.8, 4) is 0 Å². The molecule has 1 fully saturated rings. The number of rotatable bonds is 5. The van der Waals surface area contributed by atoms with Crippen LogP contribution in [-0.2, 0) is 13.1 Å². The third-order valence-electron chi connectivity index (χ3n) is 3.79. The van der Waals surface area contributed by atoms with Gasteiger partial charge in [0, 0.05) is 12.1 Å². The molecule has 1 atom stereocenters. The molecule has 0 aliphatic carbocycles. The molecular weight excluding hydrogens is 224 g/mol. The summed E-state index contributed by atoms with van der Waals surface area (Å²) in [5, 5.41) is 3.41. The second-order valence-electron chi connectivity index (χ2n) is 5.82. The Balaban J connectivity index is 1.95. The van der Waals surface area contributed by atoms with Gasteiger partial charge >= 0.3 is 0 Å². The summed E-state index contributed by atoms with van der Waals surface area (Å²) in [5.74, 6) is 2.20. The van der Waals surface area contributed by atoms with E-state index in [1.54, 1.807) is 0 Å². The molecule has 1 aliphatic rings. The van der Waals surface area contributed by atoms with Gasteiger partial charge in [-0.2, -0.15) is 0 Å². The van der Waals surface area contributed by atoms with Crippen molar-refractivity contribution in [1.82, 2.24) is 10.2 Å². The molecule has 18 heavy (non-hydrogen) atoms. The molecule has 0 amide bonds. The van der Waals surface area contributed by atoms with Gasteiger partial charge in [0.2, 0.25) is 0 Å². The highest BCUT2D eigenvalue weighted by Crippen LogP contribution is 2.22. The van der Waals surface area contributed by atoms with Gasteiger partial charge in [0.25, 0.3) is 0 Å². The molecule has 1 N–H and O–H groups in total. The van der Waals surface area contributed by atoms with Gasteiger partial charge in [-0.05, 0) is 44.9 Å². The van der Waals surface area contributed by atoms with Gasteiger partial charge in [0.1, 0.15) is 11.5 Å². The van der Waals surface area contributed by atoms with Crippen LogP contribution in [0.1, 0.15) is 50.7 Å². The Labute approximate surface area is 111 Å². The summed E-state index contributed by atoms with van der Waals surface area (Å²) in [7, 11) is 0. The van der Waals surface area contributed by atoms with E-state index in [2.05, 4.69) is 44.0 Å². The van der Waals surface area contributed by atoms with Crippen LogP contribution in [0.25, 0.3) is 0 Å². The van der Waals surface area contributed by atoms with Crippen molar-refractivity contribution in [1.29, 1.82) is 0 Å². The SMILES string of the molecule is Cc1cc(CN2CCCC2C)oc1CNC(C)C. The zero-order chi connectivity index (χ0) is 13.1. The van der Waals surface area contributed by atoms with Crippen molar-refractivity contribution in [3.63, 3.8) is 0 Å². The first-order valence-corrected chi connectivity index (χ1v) is 7.12. The molecule has 2 rings (SSSR count). The Bertz CT molecular complexity index is 384. The number of hydrogen-bond donors (Lipinski definition) is 1. The Kier molecular flexibility index (Phi) is 4.46. The van der Waals surface area contributed by atoms with E-state index in [-0.39, 0.29) is 0 Å². The molecule has 1 aliphatic heterocycles. The van der Waals surface area contributed by atoms with E-state index >= 15 is 0 Å². The lowest BCUT2D eigenvalue weighted by atomic mass is 10.2. The summed E-state index contributed by atoms with van der Waals surface area (Å²) in [6.07, 6.45) is 2.64. The van der Waals surface area contributed by atoms with E-state index < -0.39 is 0 Å². The molecule has 1 aromatic heterocycles. The third-order valence-corrected chi connectivity index (χ3v) is 3.79. The van der Waals surface area contributed by atoms with Crippen LogP contribution in [0.5, 0.6) is 0 Å². The molecule has 1 unspecified atom stereocenters. The summed E-state index contributed by atoms with van der Waals surface area (Å²) >= 11 is 0. The van der Waals surface area contributed by atoms with Crippen molar-refractivity contribution < 1.29 is 4.42 Å². The molecule has 0 bridgehead atoms. The molecular formula is C15H26N2O. The molecule has 102 valence electrons. The van der Waals surface area contributed by atoms with E-state index in [0.717, 1.165) is 24.6 Å². The van der Waals surface area contributed by atoms with Gasteiger partial charge in [-0.15, -0.1) is 0 Å². The van der Waals surface area contributed by atoms with Crippen molar-refractivity contribution in [2.75, 3.05) is 6.54 Å². The average Bonchev–Trinajstić information content (AvgIpc) is 2.84. The molecule has 3 heteroatoms. The molecule has 0 radical (unpaired) electrons. The quantitative estimate of drug-likeness (QED) is 0.870. The van der Waals surface area contributed by atoms with Crippen molar-refractivity contribution in [3.05, 3.63) is 23.2 Å². The van der Waals surface area contributed by atoms with E-state index in [4.69, 9.17) is 4.42 Å². The fourth-order valence-corrected chi connectivity index (χ4v) is 2.57. The topological polar surface area (TPSA) is 28.4 Å². The summed E-state index contributed by atoms with van der Waals surface area (Å²) < 4.78 is 5.97. The van der Waals surface area contributed by atoms with Crippen LogP contribution in [-0.4, -0.2) is 23.5 Å². The lowest BCUT2D eigenvalue weighted by molar-refractivity contribution is 0.235.